The van der Waals surface area contributed by atoms with Gasteiger partial charge in [0.05, 0.1) is 10.7 Å². The van der Waals surface area contributed by atoms with Crippen molar-refractivity contribution in [2.45, 2.75) is 51.4 Å². The van der Waals surface area contributed by atoms with E-state index in [1.165, 1.54) is 18.5 Å². The lowest BCUT2D eigenvalue weighted by atomic mass is 10.1. The number of amides is 1. The van der Waals surface area contributed by atoms with E-state index in [0.29, 0.717) is 18.8 Å². The zero-order valence-electron chi connectivity index (χ0n) is 15.8. The molecule has 1 fully saturated rings. The molecule has 0 spiro atoms. The number of likely N-dealkylation sites (tertiary alicyclic amines) is 1. The third-order valence-corrected chi connectivity index (χ3v) is 4.61. The second-order valence-electron chi connectivity index (χ2n) is 7.78. The molecule has 0 bridgehead atoms. The molecule has 1 saturated heterocycles. The van der Waals surface area contributed by atoms with Gasteiger partial charge in [0.2, 0.25) is 0 Å². The molecule has 1 aliphatic rings. The number of hydrogen-bond acceptors (Lipinski definition) is 4. The van der Waals surface area contributed by atoms with Crippen molar-refractivity contribution >= 4 is 29.0 Å². The summed E-state index contributed by atoms with van der Waals surface area (Å²) in [4.78, 5) is 17.9. The lowest BCUT2D eigenvalue weighted by Crippen LogP contribution is -2.47. The first-order valence-electron chi connectivity index (χ1n) is 8.93. The molecule has 0 aliphatic carbocycles. The molecule has 3 rings (SSSR count). The number of halogens is 4. The Morgan fingerprint density at radius 2 is 2.07 bits per heavy atom. The number of piperidine rings is 1. The van der Waals surface area contributed by atoms with Crippen LogP contribution in [0.25, 0.3) is 5.65 Å². The Bertz CT molecular complexity index is 876. The molecule has 1 atom stereocenters. The minimum absolute atomic E-state index is 0.131. The van der Waals surface area contributed by atoms with Crippen LogP contribution in [0.5, 0.6) is 0 Å². The van der Waals surface area contributed by atoms with E-state index >= 15 is 0 Å². The van der Waals surface area contributed by atoms with Crippen molar-refractivity contribution in [2.75, 3.05) is 18.4 Å². The molecule has 3 heterocycles. The van der Waals surface area contributed by atoms with Crippen LogP contribution in [-0.4, -0.2) is 45.1 Å². The van der Waals surface area contributed by atoms with E-state index in [1.54, 1.807) is 25.7 Å². The Morgan fingerprint density at radius 1 is 1.36 bits per heavy atom. The molecule has 0 aromatic carbocycles. The second kappa shape index (κ2) is 7.35. The lowest BCUT2D eigenvalue weighted by Gasteiger charge is -2.35. The van der Waals surface area contributed by atoms with E-state index in [2.05, 4.69) is 10.3 Å². The summed E-state index contributed by atoms with van der Waals surface area (Å²) < 4.78 is 46.3. The maximum absolute atomic E-state index is 13.3. The van der Waals surface area contributed by atoms with Crippen LogP contribution in [0.15, 0.2) is 18.5 Å². The van der Waals surface area contributed by atoms with E-state index < -0.39 is 28.6 Å². The number of aromatic nitrogens is 2. The van der Waals surface area contributed by atoms with Gasteiger partial charge in [-0.25, -0.2) is 9.78 Å². The molecule has 0 unspecified atom stereocenters. The van der Waals surface area contributed by atoms with Gasteiger partial charge in [-0.3, -0.25) is 4.40 Å². The number of ether oxygens (including phenoxy) is 1. The topological polar surface area (TPSA) is 58.9 Å². The molecule has 2 aromatic heterocycles. The zero-order chi connectivity index (χ0) is 20.7. The first-order valence-corrected chi connectivity index (χ1v) is 9.31. The fraction of sp³-hybridized carbons (Fsp3) is 0.556. The van der Waals surface area contributed by atoms with Gasteiger partial charge >= 0.3 is 12.3 Å². The molecule has 1 aliphatic heterocycles. The summed E-state index contributed by atoms with van der Waals surface area (Å²) >= 11 is 5.93. The van der Waals surface area contributed by atoms with E-state index in [-0.39, 0.29) is 11.7 Å². The maximum atomic E-state index is 13.3. The van der Waals surface area contributed by atoms with Gasteiger partial charge in [-0.2, -0.15) is 13.2 Å². The molecule has 28 heavy (non-hydrogen) atoms. The van der Waals surface area contributed by atoms with Crippen LogP contribution in [0, 0.1) is 0 Å². The fourth-order valence-corrected chi connectivity index (χ4v) is 3.55. The van der Waals surface area contributed by atoms with Crippen LogP contribution < -0.4 is 5.32 Å². The van der Waals surface area contributed by atoms with Gasteiger partial charge in [0.25, 0.3) is 0 Å². The van der Waals surface area contributed by atoms with Crippen molar-refractivity contribution in [1.82, 2.24) is 14.3 Å². The summed E-state index contributed by atoms with van der Waals surface area (Å²) in [6, 6.07) is 1.08. The average Bonchev–Trinajstić information content (AvgIpc) is 3.01. The smallest absolute Gasteiger partial charge is 0.433 e. The first-order chi connectivity index (χ1) is 13.0. The van der Waals surface area contributed by atoms with Crippen molar-refractivity contribution in [1.29, 1.82) is 0 Å². The van der Waals surface area contributed by atoms with E-state index in [0.717, 1.165) is 17.2 Å². The molecule has 2 aromatic rings. The minimum atomic E-state index is -4.60. The average molecular weight is 419 g/mol. The molecule has 0 saturated carbocycles. The highest BCUT2D eigenvalue weighted by atomic mass is 35.5. The third-order valence-electron chi connectivity index (χ3n) is 4.32. The lowest BCUT2D eigenvalue weighted by molar-refractivity contribution is -0.141. The number of alkyl halides is 3. The number of carbonyl (C=O) groups is 1. The van der Waals surface area contributed by atoms with Gasteiger partial charge in [0.1, 0.15) is 11.3 Å². The van der Waals surface area contributed by atoms with Crippen LogP contribution in [0.4, 0.5) is 23.7 Å². The van der Waals surface area contributed by atoms with Crippen LogP contribution in [0.1, 0.15) is 39.3 Å². The maximum Gasteiger partial charge on any atom is 0.433 e. The van der Waals surface area contributed by atoms with Gasteiger partial charge in [-0.15, -0.1) is 0 Å². The van der Waals surface area contributed by atoms with E-state index in [1.807, 2.05) is 0 Å². The highest BCUT2D eigenvalue weighted by Gasteiger charge is 2.37. The van der Waals surface area contributed by atoms with Crippen molar-refractivity contribution in [3.63, 3.8) is 0 Å². The summed E-state index contributed by atoms with van der Waals surface area (Å²) in [5.41, 5.74) is -1.04. The number of hydrogen-bond donors (Lipinski definition) is 1. The second-order valence-corrected chi connectivity index (χ2v) is 8.19. The van der Waals surface area contributed by atoms with Gasteiger partial charge < -0.3 is 15.0 Å². The highest BCUT2D eigenvalue weighted by molar-refractivity contribution is 6.31. The van der Waals surface area contributed by atoms with Crippen molar-refractivity contribution in [3.05, 3.63) is 29.2 Å². The zero-order valence-corrected chi connectivity index (χ0v) is 16.6. The quantitative estimate of drug-likeness (QED) is 0.759. The number of nitrogens with zero attached hydrogens (tertiary/aromatic N) is 3. The summed E-state index contributed by atoms with van der Waals surface area (Å²) in [7, 11) is 0. The van der Waals surface area contributed by atoms with Crippen molar-refractivity contribution < 1.29 is 22.7 Å². The van der Waals surface area contributed by atoms with Crippen LogP contribution in [0.3, 0.4) is 0 Å². The summed E-state index contributed by atoms with van der Waals surface area (Å²) in [6.45, 7) is 6.33. The molecule has 6 nitrogen and oxygen atoms in total. The number of nitrogens with one attached hydrogen (secondary N) is 1. The predicted octanol–water partition coefficient (Wildman–Crippen LogP) is 4.82. The standard InChI is InChI=1S/C18H22ClF3N4O2/c1-17(2,3)28-16(27)25-7-4-5-11(10-25)24-13-9-12(19)14(18(20,21)22)26-8-6-23-15(13)26/h6,8-9,11,24H,4-5,7,10H2,1-3H3/t11-/m0/s1. The molecular weight excluding hydrogens is 397 g/mol. The summed E-state index contributed by atoms with van der Waals surface area (Å²) in [5.74, 6) is 0. The van der Waals surface area contributed by atoms with E-state index in [4.69, 9.17) is 16.3 Å². The van der Waals surface area contributed by atoms with Crippen LogP contribution >= 0.6 is 11.6 Å². The molecular formula is C18H22ClF3N4O2. The van der Waals surface area contributed by atoms with Crippen LogP contribution in [-0.2, 0) is 10.9 Å². The molecule has 0 radical (unpaired) electrons. The van der Waals surface area contributed by atoms with E-state index in [9.17, 15) is 18.0 Å². The van der Waals surface area contributed by atoms with Gasteiger partial charge in [-0.05, 0) is 39.7 Å². The Labute approximate surface area is 165 Å². The SMILES string of the molecule is CC(C)(C)OC(=O)N1CCC[C@H](Nc2cc(Cl)c(C(F)(F)F)n3ccnc23)C1. The Kier molecular flexibility index (Phi) is 5.40. The Hall–Kier alpha value is -2.16. The van der Waals surface area contributed by atoms with Crippen LogP contribution in [0.2, 0.25) is 5.02 Å². The monoisotopic (exact) mass is 418 g/mol. The molecule has 10 heteroatoms. The Morgan fingerprint density at radius 3 is 2.71 bits per heavy atom. The number of rotatable bonds is 2. The number of carbonyl (C=O) groups excluding carboxylic acids is 1. The van der Waals surface area contributed by atoms with Crippen molar-refractivity contribution in [3.8, 4) is 0 Å². The fourth-order valence-electron chi connectivity index (χ4n) is 3.24. The Balaban J connectivity index is 1.81. The minimum Gasteiger partial charge on any atom is -0.444 e. The number of fused-ring (bicyclic) bond motifs is 1. The van der Waals surface area contributed by atoms with Gasteiger partial charge in [-0.1, -0.05) is 11.6 Å². The number of imidazole rings is 1. The molecule has 154 valence electrons. The summed E-state index contributed by atoms with van der Waals surface area (Å²) in [5, 5.41) is 2.78. The highest BCUT2D eigenvalue weighted by Crippen LogP contribution is 2.37. The first kappa shape index (κ1) is 20.6. The normalized spacial score (nSPS) is 18.4. The summed E-state index contributed by atoms with van der Waals surface area (Å²) in [6.07, 6.45) is -0.994. The number of anilines is 1. The largest absolute Gasteiger partial charge is 0.444 e. The van der Waals surface area contributed by atoms with Gasteiger partial charge in [0.15, 0.2) is 5.65 Å². The third kappa shape index (κ3) is 4.45. The molecule has 1 N–H and O–H groups in total. The van der Waals surface area contributed by atoms with Gasteiger partial charge in [0, 0.05) is 31.5 Å². The molecule has 1 amide bonds. The van der Waals surface area contributed by atoms with Crippen molar-refractivity contribution in [2.24, 2.45) is 0 Å². The predicted molar refractivity (Wildman–Crippen MR) is 99.7 cm³/mol. The number of pyridine rings is 1.